The van der Waals surface area contributed by atoms with Gasteiger partial charge in [-0.15, -0.1) is 0 Å². The third-order valence-electron chi connectivity index (χ3n) is 3.56. The highest BCUT2D eigenvalue weighted by atomic mass is 19.1. The van der Waals surface area contributed by atoms with E-state index < -0.39 is 29.5 Å². The molecule has 2 aromatic rings. The molecule has 1 atom stereocenters. The lowest BCUT2D eigenvalue weighted by atomic mass is 10.1. The molecular weight excluding hydrogens is 349 g/mol. The Balaban J connectivity index is 2.15. The van der Waals surface area contributed by atoms with E-state index in [-0.39, 0.29) is 17.8 Å². The van der Waals surface area contributed by atoms with E-state index in [1.807, 2.05) is 30.3 Å². The van der Waals surface area contributed by atoms with Crippen LogP contribution in [0.15, 0.2) is 48.5 Å². The van der Waals surface area contributed by atoms with Gasteiger partial charge in [-0.25, -0.2) is 9.18 Å². The normalized spacial score (nSPS) is 12.1. The molecule has 0 radical (unpaired) electrons. The molecule has 0 saturated heterocycles. The van der Waals surface area contributed by atoms with Crippen molar-refractivity contribution in [1.29, 1.82) is 0 Å². The summed E-state index contributed by atoms with van der Waals surface area (Å²) >= 11 is 0. The van der Waals surface area contributed by atoms with Crippen molar-refractivity contribution in [3.8, 4) is 0 Å². The van der Waals surface area contributed by atoms with Gasteiger partial charge in [-0.2, -0.15) is 0 Å². The number of carbonyl (C=O) groups excluding carboxylic acids is 2. The number of hydrogen-bond acceptors (Lipinski definition) is 4. The van der Waals surface area contributed by atoms with Crippen molar-refractivity contribution in [3.05, 3.63) is 59.9 Å². The highest BCUT2D eigenvalue weighted by molar-refractivity contribution is 5.96. The van der Waals surface area contributed by atoms with Crippen LogP contribution >= 0.6 is 0 Å². The lowest BCUT2D eigenvalue weighted by Crippen LogP contribution is -2.47. The van der Waals surface area contributed by atoms with Crippen LogP contribution in [0.3, 0.4) is 0 Å². The SMILES string of the molecule is CC(C)(C)OC(=O)NC(Cc1ccccc1)C(=O)Nc1ccc(N)c(F)c1. The maximum atomic E-state index is 13.6. The number of nitrogen functional groups attached to an aromatic ring is 1. The number of amides is 2. The summed E-state index contributed by atoms with van der Waals surface area (Å²) in [5.41, 5.74) is 5.84. The Bertz CT molecular complexity index is 804. The summed E-state index contributed by atoms with van der Waals surface area (Å²) in [4.78, 5) is 24.8. The van der Waals surface area contributed by atoms with Crippen LogP contribution in [0.25, 0.3) is 0 Å². The van der Waals surface area contributed by atoms with Crippen LogP contribution in [0.2, 0.25) is 0 Å². The number of nitrogens with two attached hydrogens (primary N) is 1. The van der Waals surface area contributed by atoms with Crippen molar-refractivity contribution in [1.82, 2.24) is 5.32 Å². The zero-order valence-corrected chi connectivity index (χ0v) is 15.6. The fourth-order valence-electron chi connectivity index (χ4n) is 2.34. The van der Waals surface area contributed by atoms with Gasteiger partial charge in [-0.1, -0.05) is 30.3 Å². The van der Waals surface area contributed by atoms with Gasteiger partial charge in [0.25, 0.3) is 0 Å². The van der Waals surface area contributed by atoms with Crippen molar-refractivity contribution in [2.45, 2.75) is 38.8 Å². The lowest BCUT2D eigenvalue weighted by molar-refractivity contribution is -0.118. The molecule has 144 valence electrons. The summed E-state index contributed by atoms with van der Waals surface area (Å²) in [7, 11) is 0. The van der Waals surface area contributed by atoms with Gasteiger partial charge < -0.3 is 21.1 Å². The second-order valence-corrected chi connectivity index (χ2v) is 7.11. The average molecular weight is 373 g/mol. The molecule has 0 aliphatic heterocycles. The number of halogens is 1. The number of nitrogens with one attached hydrogen (secondary N) is 2. The van der Waals surface area contributed by atoms with E-state index in [4.69, 9.17) is 10.5 Å². The molecule has 0 bridgehead atoms. The van der Waals surface area contributed by atoms with Crippen LogP contribution in [-0.2, 0) is 16.0 Å². The smallest absolute Gasteiger partial charge is 0.408 e. The van der Waals surface area contributed by atoms with Gasteiger partial charge in [0.05, 0.1) is 5.69 Å². The molecule has 7 heteroatoms. The Morgan fingerprint density at radius 3 is 2.41 bits per heavy atom. The van der Waals surface area contributed by atoms with Crippen molar-refractivity contribution in [3.63, 3.8) is 0 Å². The van der Waals surface area contributed by atoms with Crippen LogP contribution in [0.5, 0.6) is 0 Å². The lowest BCUT2D eigenvalue weighted by Gasteiger charge is -2.23. The van der Waals surface area contributed by atoms with Gasteiger partial charge >= 0.3 is 6.09 Å². The first kappa shape index (κ1) is 20.2. The first-order valence-corrected chi connectivity index (χ1v) is 8.53. The maximum absolute atomic E-state index is 13.6. The highest BCUT2D eigenvalue weighted by Crippen LogP contribution is 2.17. The molecule has 0 spiro atoms. The summed E-state index contributed by atoms with van der Waals surface area (Å²) in [6.07, 6.45) is -0.453. The molecule has 4 N–H and O–H groups in total. The maximum Gasteiger partial charge on any atom is 0.408 e. The topological polar surface area (TPSA) is 93.4 Å². The van der Waals surface area contributed by atoms with Gasteiger partial charge in [-0.3, -0.25) is 4.79 Å². The van der Waals surface area contributed by atoms with E-state index >= 15 is 0 Å². The molecular formula is C20H24FN3O3. The second-order valence-electron chi connectivity index (χ2n) is 7.11. The zero-order chi connectivity index (χ0) is 20.0. The third kappa shape index (κ3) is 6.62. The molecule has 27 heavy (non-hydrogen) atoms. The molecule has 0 aromatic heterocycles. The number of carbonyl (C=O) groups is 2. The minimum absolute atomic E-state index is 0.0132. The number of ether oxygens (including phenoxy) is 1. The van der Waals surface area contributed by atoms with Crippen LogP contribution in [0.1, 0.15) is 26.3 Å². The summed E-state index contributed by atoms with van der Waals surface area (Å²) in [6, 6.07) is 12.3. The van der Waals surface area contributed by atoms with Gasteiger partial charge in [0.1, 0.15) is 17.5 Å². The highest BCUT2D eigenvalue weighted by Gasteiger charge is 2.25. The number of benzene rings is 2. The van der Waals surface area contributed by atoms with Crippen LogP contribution in [0, 0.1) is 5.82 Å². The van der Waals surface area contributed by atoms with E-state index in [0.717, 1.165) is 11.6 Å². The van der Waals surface area contributed by atoms with Crippen molar-refractivity contribution in [2.75, 3.05) is 11.1 Å². The van der Waals surface area contributed by atoms with Gasteiger partial charge in [-0.05, 0) is 44.5 Å². The Morgan fingerprint density at radius 2 is 1.81 bits per heavy atom. The zero-order valence-electron chi connectivity index (χ0n) is 15.6. The van der Waals surface area contributed by atoms with E-state index in [2.05, 4.69) is 10.6 Å². The standard InChI is InChI=1S/C20H24FN3O3/c1-20(2,3)27-19(26)24-17(11-13-7-5-4-6-8-13)18(25)23-14-9-10-16(22)15(21)12-14/h4-10,12,17H,11,22H2,1-3H3,(H,23,25)(H,24,26). The summed E-state index contributed by atoms with van der Waals surface area (Å²) in [5.74, 6) is -1.12. The van der Waals surface area contributed by atoms with E-state index in [0.29, 0.717) is 0 Å². The molecule has 0 heterocycles. The van der Waals surface area contributed by atoms with Gasteiger partial charge in [0.15, 0.2) is 0 Å². The Labute approximate surface area is 157 Å². The predicted molar refractivity (Wildman–Crippen MR) is 103 cm³/mol. The fraction of sp³-hybridized carbons (Fsp3) is 0.300. The summed E-state index contributed by atoms with van der Waals surface area (Å²) < 4.78 is 18.8. The van der Waals surface area contributed by atoms with Crippen LogP contribution < -0.4 is 16.4 Å². The van der Waals surface area contributed by atoms with Gasteiger partial charge in [0.2, 0.25) is 5.91 Å². The fourth-order valence-corrected chi connectivity index (χ4v) is 2.34. The first-order chi connectivity index (χ1) is 12.6. The molecule has 2 amide bonds. The number of hydrogen-bond donors (Lipinski definition) is 3. The Kier molecular flexibility index (Phi) is 6.39. The third-order valence-corrected chi connectivity index (χ3v) is 3.56. The van der Waals surface area contributed by atoms with Gasteiger partial charge in [0, 0.05) is 12.1 Å². The quantitative estimate of drug-likeness (QED) is 0.700. The summed E-state index contributed by atoms with van der Waals surface area (Å²) in [5, 5.41) is 5.17. The molecule has 2 aromatic carbocycles. The van der Waals surface area contributed by atoms with Crippen LogP contribution in [-0.4, -0.2) is 23.6 Å². The second kappa shape index (κ2) is 8.53. The van der Waals surface area contributed by atoms with Crippen molar-refractivity contribution in [2.24, 2.45) is 0 Å². The average Bonchev–Trinajstić information content (AvgIpc) is 2.57. The largest absolute Gasteiger partial charge is 0.444 e. The molecule has 2 rings (SSSR count). The predicted octanol–water partition coefficient (Wildman–Crippen LogP) is 3.48. The molecule has 1 unspecified atom stereocenters. The van der Waals surface area contributed by atoms with Crippen LogP contribution in [0.4, 0.5) is 20.6 Å². The Hall–Kier alpha value is -3.09. The minimum Gasteiger partial charge on any atom is -0.444 e. The van der Waals surface area contributed by atoms with E-state index in [1.54, 1.807) is 20.8 Å². The summed E-state index contributed by atoms with van der Waals surface area (Å²) in [6.45, 7) is 5.20. The van der Waals surface area contributed by atoms with Crippen molar-refractivity contribution < 1.29 is 18.7 Å². The van der Waals surface area contributed by atoms with Crippen molar-refractivity contribution >= 4 is 23.4 Å². The molecule has 6 nitrogen and oxygen atoms in total. The van der Waals surface area contributed by atoms with E-state index in [9.17, 15) is 14.0 Å². The molecule has 0 aliphatic rings. The number of alkyl carbamates (subject to hydrolysis) is 1. The Morgan fingerprint density at radius 1 is 1.15 bits per heavy atom. The number of anilines is 2. The minimum atomic E-state index is -0.900. The molecule has 0 aliphatic carbocycles. The monoisotopic (exact) mass is 373 g/mol. The first-order valence-electron chi connectivity index (χ1n) is 8.53. The molecule has 0 saturated carbocycles. The number of rotatable bonds is 5. The van der Waals surface area contributed by atoms with E-state index in [1.165, 1.54) is 12.1 Å². The molecule has 0 fully saturated rings.